The molecule has 0 N–H and O–H groups in total. The van der Waals surface area contributed by atoms with E-state index in [-0.39, 0.29) is 11.6 Å². The number of sulfonamides is 1. The summed E-state index contributed by atoms with van der Waals surface area (Å²) in [5.74, 6) is 0.259. The highest BCUT2D eigenvalue weighted by Gasteiger charge is 2.26. The van der Waals surface area contributed by atoms with Crippen LogP contribution in [0.5, 0.6) is 0 Å². The second kappa shape index (κ2) is 5.46. The Hall–Kier alpha value is -0.790. The molecule has 1 fully saturated rings. The Labute approximate surface area is 108 Å². The van der Waals surface area contributed by atoms with Gasteiger partial charge in [0, 0.05) is 35.4 Å². The van der Waals surface area contributed by atoms with E-state index >= 15 is 0 Å². The monoisotopic (exact) mass is 291 g/mol. The number of rotatable bonds is 3. The Kier molecular flexibility index (Phi) is 4.14. The zero-order chi connectivity index (χ0) is 13.2. The van der Waals surface area contributed by atoms with E-state index in [1.54, 1.807) is 0 Å². The fraction of sp³-hybridized carbons (Fsp3) is 0.455. The molecular weight excluding hydrogens is 277 g/mol. The maximum Gasteiger partial charge on any atom is 0.218 e. The lowest BCUT2D eigenvalue weighted by molar-refractivity contribution is 0.438. The van der Waals surface area contributed by atoms with Crippen LogP contribution in [0.25, 0.3) is 0 Å². The van der Waals surface area contributed by atoms with Crippen molar-refractivity contribution in [3.05, 3.63) is 35.6 Å². The van der Waals surface area contributed by atoms with Gasteiger partial charge in [-0.05, 0) is 17.7 Å². The predicted molar refractivity (Wildman–Crippen MR) is 68.5 cm³/mol. The first-order chi connectivity index (χ1) is 8.47. The van der Waals surface area contributed by atoms with Gasteiger partial charge >= 0.3 is 0 Å². The summed E-state index contributed by atoms with van der Waals surface area (Å²) in [7, 11) is -4.30. The van der Waals surface area contributed by atoms with Crippen LogP contribution < -0.4 is 0 Å². The Morgan fingerprint density at radius 1 is 1.17 bits per heavy atom. The molecule has 0 radical (unpaired) electrons. The first-order valence-electron chi connectivity index (χ1n) is 5.54. The van der Waals surface area contributed by atoms with Gasteiger partial charge in [0.15, 0.2) is 0 Å². The van der Waals surface area contributed by atoms with Crippen molar-refractivity contribution in [3.8, 4) is 0 Å². The largest absolute Gasteiger partial charge is 0.259 e. The molecule has 100 valence electrons. The minimum absolute atomic E-state index is 0.139. The standard InChI is InChI=1S/C11H14FNO3S2/c12-11-3-1-10(2-4-11)9-18(15,16)13-5-7-17(14)8-6-13/h1-4H,5-9H2. The third-order valence-corrected chi connectivity index (χ3v) is 5.92. The number of halogens is 1. The zero-order valence-corrected chi connectivity index (χ0v) is 11.3. The number of benzene rings is 1. The maximum absolute atomic E-state index is 12.7. The molecule has 0 amide bonds. The summed E-state index contributed by atoms with van der Waals surface area (Å²) in [6.07, 6.45) is 0. The molecule has 18 heavy (non-hydrogen) atoms. The van der Waals surface area contributed by atoms with E-state index in [4.69, 9.17) is 0 Å². The average molecular weight is 291 g/mol. The van der Waals surface area contributed by atoms with Crippen LogP contribution in [0, 0.1) is 5.82 Å². The molecule has 7 heteroatoms. The van der Waals surface area contributed by atoms with Crippen molar-refractivity contribution in [1.29, 1.82) is 0 Å². The van der Waals surface area contributed by atoms with Crippen molar-refractivity contribution in [1.82, 2.24) is 4.31 Å². The lowest BCUT2D eigenvalue weighted by Gasteiger charge is -2.25. The first-order valence-corrected chi connectivity index (χ1v) is 8.64. The summed E-state index contributed by atoms with van der Waals surface area (Å²) >= 11 is 0. The molecule has 4 nitrogen and oxygen atoms in total. The molecule has 1 aliphatic heterocycles. The second-order valence-electron chi connectivity index (χ2n) is 4.13. The topological polar surface area (TPSA) is 54.5 Å². The van der Waals surface area contributed by atoms with E-state index in [0.717, 1.165) is 0 Å². The number of hydrogen-bond acceptors (Lipinski definition) is 3. The van der Waals surface area contributed by atoms with Gasteiger partial charge in [0.2, 0.25) is 10.0 Å². The Bertz CT molecular complexity index is 532. The molecule has 1 aromatic carbocycles. The van der Waals surface area contributed by atoms with E-state index in [1.165, 1.54) is 28.6 Å². The lowest BCUT2D eigenvalue weighted by atomic mass is 10.2. The van der Waals surface area contributed by atoms with E-state index in [9.17, 15) is 17.0 Å². The van der Waals surface area contributed by atoms with E-state index in [0.29, 0.717) is 30.2 Å². The normalized spacial score (nSPS) is 18.9. The highest BCUT2D eigenvalue weighted by molar-refractivity contribution is 7.88. The summed E-state index contributed by atoms with van der Waals surface area (Å²) < 4.78 is 49.4. The van der Waals surface area contributed by atoms with Crippen molar-refractivity contribution in [2.24, 2.45) is 0 Å². The molecular formula is C11H14FNO3S2. The van der Waals surface area contributed by atoms with Gasteiger partial charge in [-0.15, -0.1) is 0 Å². The molecule has 1 aromatic rings. The van der Waals surface area contributed by atoms with Gasteiger partial charge in [0.25, 0.3) is 0 Å². The molecule has 2 rings (SSSR count). The summed E-state index contributed by atoms with van der Waals surface area (Å²) in [5, 5.41) is 0. The molecule has 0 spiro atoms. The zero-order valence-electron chi connectivity index (χ0n) is 9.71. The van der Waals surface area contributed by atoms with Crippen LogP contribution in [0.3, 0.4) is 0 Å². The lowest BCUT2D eigenvalue weighted by Crippen LogP contribution is -2.42. The quantitative estimate of drug-likeness (QED) is 0.824. The van der Waals surface area contributed by atoms with Gasteiger partial charge in [0.1, 0.15) is 5.82 Å². The average Bonchev–Trinajstić information content (AvgIpc) is 2.32. The van der Waals surface area contributed by atoms with Crippen LogP contribution >= 0.6 is 0 Å². The summed E-state index contributed by atoms with van der Waals surface area (Å²) in [6, 6.07) is 5.43. The minimum atomic E-state index is -3.40. The molecule has 0 atom stereocenters. The fourth-order valence-electron chi connectivity index (χ4n) is 1.78. The van der Waals surface area contributed by atoms with E-state index < -0.39 is 20.8 Å². The van der Waals surface area contributed by atoms with Crippen molar-refractivity contribution >= 4 is 20.8 Å². The van der Waals surface area contributed by atoms with Crippen molar-refractivity contribution in [3.63, 3.8) is 0 Å². The Balaban J connectivity index is 2.07. The van der Waals surface area contributed by atoms with Crippen LogP contribution in [0.2, 0.25) is 0 Å². The molecule has 1 saturated heterocycles. The predicted octanol–water partition coefficient (Wildman–Crippen LogP) is 0.720. The van der Waals surface area contributed by atoms with Gasteiger partial charge < -0.3 is 0 Å². The van der Waals surface area contributed by atoms with Crippen LogP contribution in [0.4, 0.5) is 4.39 Å². The van der Waals surface area contributed by atoms with Gasteiger partial charge in [-0.2, -0.15) is 4.31 Å². The van der Waals surface area contributed by atoms with Crippen LogP contribution in [0.15, 0.2) is 24.3 Å². The molecule has 0 unspecified atom stereocenters. The molecule has 1 aliphatic rings. The van der Waals surface area contributed by atoms with Crippen LogP contribution in [-0.4, -0.2) is 41.5 Å². The summed E-state index contributed by atoms with van der Waals surface area (Å²) in [5.41, 5.74) is 0.558. The van der Waals surface area contributed by atoms with E-state index in [1.807, 2.05) is 0 Å². The van der Waals surface area contributed by atoms with Gasteiger partial charge in [-0.25, -0.2) is 12.8 Å². The summed E-state index contributed by atoms with van der Waals surface area (Å²) in [4.78, 5) is 0. The number of hydrogen-bond donors (Lipinski definition) is 0. The molecule has 0 aromatic heterocycles. The third kappa shape index (κ3) is 3.37. The van der Waals surface area contributed by atoms with Crippen molar-refractivity contribution < 1.29 is 17.0 Å². The highest BCUT2D eigenvalue weighted by Crippen LogP contribution is 2.13. The smallest absolute Gasteiger partial charge is 0.218 e. The maximum atomic E-state index is 12.7. The SMILES string of the molecule is O=S1CCN(S(=O)(=O)Cc2ccc(F)cc2)CC1. The number of nitrogens with zero attached hydrogens (tertiary/aromatic N) is 1. The van der Waals surface area contributed by atoms with Gasteiger partial charge in [-0.1, -0.05) is 12.1 Å². The van der Waals surface area contributed by atoms with Crippen molar-refractivity contribution in [2.75, 3.05) is 24.6 Å². The van der Waals surface area contributed by atoms with Gasteiger partial charge in [-0.3, -0.25) is 4.21 Å². The highest BCUT2D eigenvalue weighted by atomic mass is 32.2. The minimum Gasteiger partial charge on any atom is -0.259 e. The first kappa shape index (κ1) is 13.6. The Morgan fingerprint density at radius 3 is 2.28 bits per heavy atom. The van der Waals surface area contributed by atoms with Crippen LogP contribution in [0.1, 0.15) is 5.56 Å². The van der Waals surface area contributed by atoms with E-state index in [2.05, 4.69) is 0 Å². The van der Waals surface area contributed by atoms with Crippen LogP contribution in [-0.2, 0) is 26.6 Å². The molecule has 0 aliphatic carbocycles. The third-order valence-electron chi connectivity index (χ3n) is 2.79. The molecule has 1 heterocycles. The second-order valence-corrected chi connectivity index (χ2v) is 7.79. The fourth-order valence-corrected chi connectivity index (χ4v) is 4.60. The summed E-state index contributed by atoms with van der Waals surface area (Å²) in [6.45, 7) is 0.603. The molecule has 0 bridgehead atoms. The molecule has 0 saturated carbocycles. The Morgan fingerprint density at radius 2 is 1.72 bits per heavy atom. The van der Waals surface area contributed by atoms with Gasteiger partial charge in [0.05, 0.1) is 5.75 Å². The van der Waals surface area contributed by atoms with Crippen molar-refractivity contribution in [2.45, 2.75) is 5.75 Å².